The molecule has 6 aromatic rings. The van der Waals surface area contributed by atoms with Gasteiger partial charge in [-0.2, -0.15) is 9.40 Å². The van der Waals surface area contributed by atoms with Crippen molar-refractivity contribution in [2.75, 3.05) is 44.2 Å². The number of ether oxygens (including phenoxy) is 1. The van der Waals surface area contributed by atoms with Crippen LogP contribution in [0.2, 0.25) is 10.0 Å². The number of carbonyl (C=O) groups is 2. The molecule has 1 atom stereocenters. The molecule has 2 amide bonds. The van der Waals surface area contributed by atoms with Gasteiger partial charge in [0.1, 0.15) is 11.4 Å². The lowest BCUT2D eigenvalue weighted by molar-refractivity contribution is 0.0957. The topological polar surface area (TPSA) is 135 Å². The summed E-state index contributed by atoms with van der Waals surface area (Å²) < 4.78 is 41.3. The summed E-state index contributed by atoms with van der Waals surface area (Å²) in [7, 11) is -0.173. The van der Waals surface area contributed by atoms with Gasteiger partial charge in [0, 0.05) is 97.2 Å². The highest BCUT2D eigenvalue weighted by molar-refractivity contribution is 7.89. The van der Waals surface area contributed by atoms with Crippen molar-refractivity contribution in [3.8, 4) is 16.9 Å². The largest absolute Gasteiger partial charge is 0.494 e. The molecule has 1 unspecified atom stereocenters. The molecule has 59 heavy (non-hydrogen) atoms. The molecule has 1 N–H and O–H groups in total. The predicted molar refractivity (Wildman–Crippen MR) is 231 cm³/mol. The van der Waals surface area contributed by atoms with E-state index in [-0.39, 0.29) is 43.0 Å². The van der Waals surface area contributed by atoms with Crippen LogP contribution in [0.4, 0.5) is 10.5 Å². The van der Waals surface area contributed by atoms with E-state index < -0.39 is 16.1 Å². The zero-order valence-electron chi connectivity index (χ0n) is 34.1. The minimum absolute atomic E-state index is 0.0535. The van der Waals surface area contributed by atoms with Crippen LogP contribution < -0.4 is 9.64 Å². The van der Waals surface area contributed by atoms with Gasteiger partial charge < -0.3 is 28.8 Å². The third-order valence-electron chi connectivity index (χ3n) is 11.9. The second-order valence-corrected chi connectivity index (χ2v) is 18.5. The first-order valence-electron chi connectivity index (χ1n) is 19.6. The number of hydrogen-bond donors (Lipinski definition) is 1. The molecule has 0 radical (unpaired) electrons. The van der Waals surface area contributed by atoms with Crippen LogP contribution in [0.1, 0.15) is 58.0 Å². The summed E-state index contributed by atoms with van der Waals surface area (Å²) in [6, 6.07) is 12.5. The number of fused-ring (bicyclic) bond motifs is 4. The van der Waals surface area contributed by atoms with Crippen LogP contribution in [0.15, 0.2) is 53.6 Å². The maximum absolute atomic E-state index is 15.3. The summed E-state index contributed by atoms with van der Waals surface area (Å²) >= 11 is 13.5. The molecule has 13 nitrogen and oxygen atoms in total. The molecule has 8 rings (SSSR count). The number of piperazine rings is 1. The average molecular weight is 861 g/mol. The first-order chi connectivity index (χ1) is 28.0. The fourth-order valence-corrected chi connectivity index (χ4v) is 10.7. The van der Waals surface area contributed by atoms with Crippen LogP contribution in [0.3, 0.4) is 0 Å². The Hall–Kier alpha value is -5.02. The van der Waals surface area contributed by atoms with Crippen molar-refractivity contribution in [3.63, 3.8) is 0 Å². The number of halogens is 2. The number of nitrogens with zero attached hydrogens (tertiary/aromatic N) is 7. The van der Waals surface area contributed by atoms with E-state index in [4.69, 9.17) is 33.0 Å². The van der Waals surface area contributed by atoms with Gasteiger partial charge in [-0.3, -0.25) is 9.48 Å². The Morgan fingerprint density at radius 1 is 0.949 bits per heavy atom. The first-order valence-corrected chi connectivity index (χ1v) is 21.8. The monoisotopic (exact) mass is 859 g/mol. The molecule has 0 saturated carbocycles. The summed E-state index contributed by atoms with van der Waals surface area (Å²) in [5.74, 6) is 0.534. The van der Waals surface area contributed by atoms with Crippen molar-refractivity contribution >= 4 is 72.7 Å². The molecule has 3 aromatic carbocycles. The fraction of sp³-hybridized carbons (Fsp3) is 0.372. The number of anilines is 1. The molecular formula is C43H47Cl2N7O6S. The van der Waals surface area contributed by atoms with Crippen LogP contribution >= 0.6 is 23.2 Å². The van der Waals surface area contributed by atoms with Gasteiger partial charge in [0.2, 0.25) is 10.0 Å². The highest BCUT2D eigenvalue weighted by Gasteiger charge is 2.38. The van der Waals surface area contributed by atoms with Crippen LogP contribution in [-0.4, -0.2) is 93.0 Å². The van der Waals surface area contributed by atoms with Crippen molar-refractivity contribution in [1.29, 1.82) is 0 Å². The summed E-state index contributed by atoms with van der Waals surface area (Å²) in [5, 5.41) is 17.0. The smallest absolute Gasteiger partial charge is 0.407 e. The predicted octanol–water partition coefficient (Wildman–Crippen LogP) is 8.29. The Kier molecular flexibility index (Phi) is 10.5. The zero-order chi connectivity index (χ0) is 42.2. The quantitative estimate of drug-likeness (QED) is 0.145. The van der Waals surface area contributed by atoms with Crippen molar-refractivity contribution < 1.29 is 27.9 Å². The lowest BCUT2D eigenvalue weighted by Gasteiger charge is -2.34. The normalized spacial score (nSPS) is 16.4. The number of sulfonamides is 1. The minimum atomic E-state index is -3.96. The number of aromatic nitrogens is 4. The summed E-state index contributed by atoms with van der Waals surface area (Å²) in [6.07, 6.45) is 1.96. The highest BCUT2D eigenvalue weighted by Crippen LogP contribution is 2.46. The second-order valence-electron chi connectivity index (χ2n) is 15.8. The molecule has 2 aliphatic rings. The Labute approximate surface area is 353 Å². The van der Waals surface area contributed by atoms with Crippen molar-refractivity contribution in [2.45, 2.75) is 58.4 Å². The van der Waals surface area contributed by atoms with Gasteiger partial charge >= 0.3 is 6.09 Å². The molecular weight excluding hydrogens is 813 g/mol. The summed E-state index contributed by atoms with van der Waals surface area (Å²) in [5.41, 5.74) is 9.12. The maximum Gasteiger partial charge on any atom is 0.407 e. The number of carboxylic acid groups (broad SMARTS) is 1. The van der Waals surface area contributed by atoms with Gasteiger partial charge in [0.25, 0.3) is 5.91 Å². The Morgan fingerprint density at radius 2 is 1.64 bits per heavy atom. The second kappa shape index (κ2) is 15.2. The van der Waals surface area contributed by atoms with Gasteiger partial charge in [-0.05, 0) is 101 Å². The number of rotatable bonds is 9. The number of amides is 2. The van der Waals surface area contributed by atoms with E-state index in [1.807, 2.05) is 81.5 Å². The lowest BCUT2D eigenvalue weighted by atomic mass is 9.98. The van der Waals surface area contributed by atoms with Gasteiger partial charge in [-0.1, -0.05) is 29.3 Å². The van der Waals surface area contributed by atoms with Crippen molar-refractivity contribution in [3.05, 3.63) is 92.5 Å². The molecule has 0 spiro atoms. The molecule has 3 aromatic heterocycles. The zero-order valence-corrected chi connectivity index (χ0v) is 36.5. The molecule has 0 bridgehead atoms. The molecule has 16 heteroatoms. The van der Waals surface area contributed by atoms with E-state index in [2.05, 4.69) is 11.5 Å². The van der Waals surface area contributed by atoms with E-state index in [0.717, 1.165) is 66.4 Å². The van der Waals surface area contributed by atoms with Crippen molar-refractivity contribution in [1.82, 2.24) is 28.1 Å². The molecule has 1 fully saturated rings. The molecule has 1 saturated heterocycles. The average Bonchev–Trinajstić information content (AvgIpc) is 3.80. The first kappa shape index (κ1) is 40.7. The third-order valence-corrected chi connectivity index (χ3v) is 14.7. The Bertz CT molecular complexity index is 2790. The number of hydrogen-bond acceptors (Lipinski definition) is 6. The van der Waals surface area contributed by atoms with Crippen LogP contribution in [-0.2, 0) is 30.5 Å². The lowest BCUT2D eigenvalue weighted by Crippen LogP contribution is -2.50. The van der Waals surface area contributed by atoms with Crippen LogP contribution in [0.25, 0.3) is 32.9 Å². The van der Waals surface area contributed by atoms with Gasteiger partial charge in [-0.25, -0.2) is 13.2 Å². The number of benzene rings is 3. The van der Waals surface area contributed by atoms with E-state index in [9.17, 15) is 18.3 Å². The minimum Gasteiger partial charge on any atom is -0.494 e. The van der Waals surface area contributed by atoms with Gasteiger partial charge in [-0.15, -0.1) is 0 Å². The van der Waals surface area contributed by atoms with Gasteiger partial charge in [0.15, 0.2) is 0 Å². The third kappa shape index (κ3) is 6.83. The molecule has 0 aliphatic carbocycles. The Morgan fingerprint density at radius 3 is 2.29 bits per heavy atom. The van der Waals surface area contributed by atoms with E-state index in [1.165, 1.54) is 9.21 Å². The summed E-state index contributed by atoms with van der Waals surface area (Å²) in [4.78, 5) is 29.8. The SMILES string of the molecule is Cc1cc(OCCCc2c3n(c4c(-c5c(C)nn(C)c5C)c(Cl)ccc24)C(C)CN(c2cn(C)c4ccc(S(=O)(=O)N5CCN(C(=O)O)CC5)cc24)C3=O)cc(C)c1Cl. The van der Waals surface area contributed by atoms with E-state index in [1.54, 1.807) is 23.1 Å². The molecule has 310 valence electrons. The van der Waals surface area contributed by atoms with E-state index >= 15 is 4.79 Å². The number of carbonyl (C=O) groups excluding carboxylic acids is 1. The number of aryl methyl sites for hydroxylation is 6. The molecule has 5 heterocycles. The fourth-order valence-electron chi connectivity index (χ4n) is 8.93. The summed E-state index contributed by atoms with van der Waals surface area (Å²) in [6.45, 7) is 11.0. The standard InChI is InChI=1S/C43H47Cl2N7O6S/c1-24-19-29(20-25(2)39(24)45)58-18-8-9-31-32-11-12-34(44)38(37-27(4)46-48(7)28(37)5)40(32)52-26(3)22-51(42(53)41(31)52)36-23-47(6)35-13-10-30(21-33(35)36)59(56,57)50-16-14-49(15-17-50)43(54)55/h10-13,19-21,23,26H,8-9,14-18,22H2,1-7H3,(H,54,55). The van der Waals surface area contributed by atoms with Gasteiger partial charge in [0.05, 0.1) is 33.4 Å². The highest BCUT2D eigenvalue weighted by atomic mass is 35.5. The van der Waals surface area contributed by atoms with Crippen molar-refractivity contribution in [2.24, 2.45) is 14.1 Å². The van der Waals surface area contributed by atoms with Crippen LogP contribution in [0.5, 0.6) is 5.75 Å². The maximum atomic E-state index is 15.3. The van der Waals surface area contributed by atoms with Crippen LogP contribution in [0, 0.1) is 27.7 Å². The van der Waals surface area contributed by atoms with E-state index in [0.29, 0.717) is 47.8 Å². The Balaban J connectivity index is 1.22. The molecule has 2 aliphatic heterocycles.